The van der Waals surface area contributed by atoms with Crippen molar-refractivity contribution in [3.05, 3.63) is 50.9 Å². The first kappa shape index (κ1) is 11.7. The van der Waals surface area contributed by atoms with Crippen LogP contribution >= 0.6 is 27.3 Å². The maximum absolute atomic E-state index is 5.58. The van der Waals surface area contributed by atoms with Gasteiger partial charge in [-0.05, 0) is 56.4 Å². The number of nitrogens with one attached hydrogen (secondary N) is 1. The molecule has 0 radical (unpaired) electrons. The molecule has 3 nitrogen and oxygen atoms in total. The lowest BCUT2D eigenvalue weighted by atomic mass is 10.0. The highest BCUT2D eigenvalue weighted by atomic mass is 79.9. The van der Waals surface area contributed by atoms with Crippen LogP contribution in [-0.2, 0) is 6.42 Å². The molecule has 2 rings (SSSR count). The Morgan fingerprint density at radius 1 is 1.50 bits per heavy atom. The number of rotatable bonds is 4. The molecular formula is C11H12BrN3S. The average Bonchev–Trinajstić information content (AvgIpc) is 2.78. The SMILES string of the molecule is NNC(Cc1ccsc1)c1cncc(Br)c1. The number of nitrogens with two attached hydrogens (primary N) is 1. The van der Waals surface area contributed by atoms with E-state index in [2.05, 4.69) is 43.2 Å². The Morgan fingerprint density at radius 2 is 2.38 bits per heavy atom. The molecule has 0 aliphatic rings. The second kappa shape index (κ2) is 5.54. The lowest BCUT2D eigenvalue weighted by molar-refractivity contribution is 0.550. The molecule has 0 saturated heterocycles. The van der Waals surface area contributed by atoms with Gasteiger partial charge < -0.3 is 0 Å². The van der Waals surface area contributed by atoms with E-state index in [1.807, 2.05) is 12.3 Å². The van der Waals surface area contributed by atoms with E-state index in [9.17, 15) is 0 Å². The van der Waals surface area contributed by atoms with E-state index in [1.54, 1.807) is 17.5 Å². The number of hydrogen-bond donors (Lipinski definition) is 2. The van der Waals surface area contributed by atoms with Crippen LogP contribution in [0.5, 0.6) is 0 Å². The van der Waals surface area contributed by atoms with Crippen molar-refractivity contribution in [3.63, 3.8) is 0 Å². The molecule has 3 N–H and O–H groups in total. The first-order chi connectivity index (χ1) is 7.79. The van der Waals surface area contributed by atoms with Crippen molar-refractivity contribution in [2.24, 2.45) is 5.84 Å². The van der Waals surface area contributed by atoms with Crippen molar-refractivity contribution >= 4 is 27.3 Å². The standard InChI is InChI=1S/C11H12BrN3S/c12-10-4-9(5-14-6-10)11(15-13)3-8-1-2-16-7-8/h1-2,4-7,11,15H,3,13H2. The number of halogens is 1. The van der Waals surface area contributed by atoms with Crippen LogP contribution < -0.4 is 11.3 Å². The summed E-state index contributed by atoms with van der Waals surface area (Å²) >= 11 is 5.11. The molecule has 16 heavy (non-hydrogen) atoms. The molecule has 0 amide bonds. The Morgan fingerprint density at radius 3 is 3.00 bits per heavy atom. The Kier molecular flexibility index (Phi) is 4.06. The van der Waals surface area contributed by atoms with Crippen LogP contribution in [0.2, 0.25) is 0 Å². The van der Waals surface area contributed by atoms with Gasteiger partial charge in [0.1, 0.15) is 0 Å². The van der Waals surface area contributed by atoms with E-state index in [1.165, 1.54) is 5.56 Å². The maximum atomic E-state index is 5.58. The zero-order valence-corrected chi connectivity index (χ0v) is 11.0. The molecule has 0 aliphatic carbocycles. The predicted octanol–water partition coefficient (Wildman–Crippen LogP) is 2.65. The average molecular weight is 298 g/mol. The highest BCUT2D eigenvalue weighted by Gasteiger charge is 2.11. The summed E-state index contributed by atoms with van der Waals surface area (Å²) in [6.45, 7) is 0. The fraction of sp³-hybridized carbons (Fsp3) is 0.182. The lowest BCUT2D eigenvalue weighted by Crippen LogP contribution is -2.29. The third-order valence-electron chi connectivity index (χ3n) is 2.35. The highest BCUT2D eigenvalue weighted by Crippen LogP contribution is 2.21. The van der Waals surface area contributed by atoms with Crippen LogP contribution in [0.4, 0.5) is 0 Å². The number of nitrogens with zero attached hydrogens (tertiary/aromatic N) is 1. The van der Waals surface area contributed by atoms with E-state index in [0.717, 1.165) is 16.5 Å². The molecule has 0 spiro atoms. The molecule has 0 aliphatic heterocycles. The van der Waals surface area contributed by atoms with Crippen LogP contribution in [0.15, 0.2) is 39.8 Å². The summed E-state index contributed by atoms with van der Waals surface area (Å²) in [5.74, 6) is 5.58. The first-order valence-electron chi connectivity index (χ1n) is 4.87. The van der Waals surface area contributed by atoms with E-state index < -0.39 is 0 Å². The van der Waals surface area contributed by atoms with Gasteiger partial charge in [-0.2, -0.15) is 11.3 Å². The molecule has 2 aromatic rings. The van der Waals surface area contributed by atoms with E-state index in [0.29, 0.717) is 0 Å². The van der Waals surface area contributed by atoms with Gasteiger partial charge in [0.05, 0.1) is 6.04 Å². The normalized spacial score (nSPS) is 12.6. The van der Waals surface area contributed by atoms with Crippen molar-refractivity contribution in [2.45, 2.75) is 12.5 Å². The number of thiophene rings is 1. The first-order valence-corrected chi connectivity index (χ1v) is 6.61. The van der Waals surface area contributed by atoms with E-state index in [-0.39, 0.29) is 6.04 Å². The second-order valence-electron chi connectivity index (χ2n) is 3.49. The minimum Gasteiger partial charge on any atom is -0.271 e. The molecule has 0 fully saturated rings. The zero-order chi connectivity index (χ0) is 11.4. The predicted molar refractivity (Wildman–Crippen MR) is 70.0 cm³/mol. The van der Waals surface area contributed by atoms with Crippen molar-refractivity contribution < 1.29 is 0 Å². The smallest absolute Gasteiger partial charge is 0.0516 e. The van der Waals surface area contributed by atoms with E-state index in [4.69, 9.17) is 5.84 Å². The fourth-order valence-electron chi connectivity index (χ4n) is 1.54. The Bertz CT molecular complexity index is 444. The fourth-order valence-corrected chi connectivity index (χ4v) is 2.60. The molecule has 2 aromatic heterocycles. The molecular weight excluding hydrogens is 286 g/mol. The minimum atomic E-state index is 0.0969. The molecule has 0 bridgehead atoms. The van der Waals surface area contributed by atoms with Crippen LogP contribution in [0.3, 0.4) is 0 Å². The number of hydrogen-bond acceptors (Lipinski definition) is 4. The molecule has 1 unspecified atom stereocenters. The van der Waals surface area contributed by atoms with Crippen LogP contribution in [0.25, 0.3) is 0 Å². The number of pyridine rings is 1. The van der Waals surface area contributed by atoms with Gasteiger partial charge >= 0.3 is 0 Å². The quantitative estimate of drug-likeness (QED) is 0.674. The van der Waals surface area contributed by atoms with Crippen LogP contribution in [0.1, 0.15) is 17.2 Å². The van der Waals surface area contributed by atoms with Gasteiger partial charge in [-0.1, -0.05) is 0 Å². The van der Waals surface area contributed by atoms with Gasteiger partial charge in [0.15, 0.2) is 0 Å². The van der Waals surface area contributed by atoms with Gasteiger partial charge in [-0.25, -0.2) is 0 Å². The maximum Gasteiger partial charge on any atom is 0.0516 e. The second-order valence-corrected chi connectivity index (χ2v) is 5.19. The van der Waals surface area contributed by atoms with Crippen molar-refractivity contribution in [1.29, 1.82) is 0 Å². The summed E-state index contributed by atoms with van der Waals surface area (Å²) in [6, 6.07) is 4.24. The summed E-state index contributed by atoms with van der Waals surface area (Å²) in [6.07, 6.45) is 4.47. The van der Waals surface area contributed by atoms with E-state index >= 15 is 0 Å². The summed E-state index contributed by atoms with van der Waals surface area (Å²) in [5.41, 5.74) is 5.20. The highest BCUT2D eigenvalue weighted by molar-refractivity contribution is 9.10. The molecule has 0 aromatic carbocycles. The van der Waals surface area contributed by atoms with Gasteiger partial charge in [0, 0.05) is 16.9 Å². The largest absolute Gasteiger partial charge is 0.271 e. The van der Waals surface area contributed by atoms with Crippen LogP contribution in [0, 0.1) is 0 Å². The Labute approximate surface area is 107 Å². The molecule has 5 heteroatoms. The summed E-state index contributed by atoms with van der Waals surface area (Å²) in [5, 5.41) is 4.21. The Balaban J connectivity index is 2.16. The third kappa shape index (κ3) is 2.89. The monoisotopic (exact) mass is 297 g/mol. The lowest BCUT2D eigenvalue weighted by Gasteiger charge is -2.15. The molecule has 2 heterocycles. The van der Waals surface area contributed by atoms with Crippen molar-refractivity contribution in [2.75, 3.05) is 0 Å². The van der Waals surface area contributed by atoms with Gasteiger partial charge in [0.2, 0.25) is 0 Å². The summed E-state index contributed by atoms with van der Waals surface area (Å²) in [4.78, 5) is 4.14. The van der Waals surface area contributed by atoms with Crippen LogP contribution in [-0.4, -0.2) is 4.98 Å². The Hall–Kier alpha value is -0.750. The number of aromatic nitrogens is 1. The van der Waals surface area contributed by atoms with Gasteiger partial charge in [-0.3, -0.25) is 16.3 Å². The van der Waals surface area contributed by atoms with Crippen molar-refractivity contribution in [3.8, 4) is 0 Å². The van der Waals surface area contributed by atoms with Gasteiger partial charge in [0.25, 0.3) is 0 Å². The summed E-state index contributed by atoms with van der Waals surface area (Å²) in [7, 11) is 0. The molecule has 84 valence electrons. The topological polar surface area (TPSA) is 50.9 Å². The summed E-state index contributed by atoms with van der Waals surface area (Å²) < 4.78 is 0.968. The van der Waals surface area contributed by atoms with Gasteiger partial charge in [-0.15, -0.1) is 0 Å². The van der Waals surface area contributed by atoms with Crippen molar-refractivity contribution in [1.82, 2.24) is 10.4 Å². The molecule has 1 atom stereocenters. The molecule has 0 saturated carbocycles. The third-order valence-corrected chi connectivity index (χ3v) is 3.52. The minimum absolute atomic E-state index is 0.0969. The zero-order valence-electron chi connectivity index (χ0n) is 8.56. The number of hydrazine groups is 1.